The number of halogens is 1. The molecule has 2 aromatic carbocycles. The van der Waals surface area contributed by atoms with Crippen LogP contribution in [0.25, 0.3) is 10.9 Å². The van der Waals surface area contributed by atoms with Gasteiger partial charge in [-0.3, -0.25) is 9.88 Å². The Morgan fingerprint density at radius 2 is 1.67 bits per heavy atom. The summed E-state index contributed by atoms with van der Waals surface area (Å²) in [5.41, 5.74) is 9.54. The minimum absolute atomic E-state index is 0. The van der Waals surface area contributed by atoms with Crippen LogP contribution in [0.4, 0.5) is 0 Å². The lowest BCUT2D eigenvalue weighted by molar-refractivity contribution is 0.277. The molecular weight excluding hydrogens is 318 g/mol. The van der Waals surface area contributed by atoms with E-state index < -0.39 is 0 Å². The van der Waals surface area contributed by atoms with Gasteiger partial charge in [0.05, 0.1) is 5.52 Å². The van der Waals surface area contributed by atoms with Crippen molar-refractivity contribution in [2.45, 2.75) is 13.0 Å². The minimum atomic E-state index is 0. The molecule has 0 bridgehead atoms. The lowest BCUT2D eigenvalue weighted by Crippen LogP contribution is -2.31. The normalized spacial score (nSPS) is 10.8. The maximum atomic E-state index is 5.81. The van der Waals surface area contributed by atoms with Crippen molar-refractivity contribution in [3.63, 3.8) is 0 Å². The maximum absolute atomic E-state index is 5.81. The average molecular weight is 342 g/mol. The van der Waals surface area contributed by atoms with Gasteiger partial charge in [0.1, 0.15) is 0 Å². The highest BCUT2D eigenvalue weighted by Crippen LogP contribution is 2.17. The number of hydrogen-bond acceptors (Lipinski definition) is 3. The summed E-state index contributed by atoms with van der Waals surface area (Å²) in [5, 5.41) is 1.20. The molecular formula is C20H24ClN3. The summed E-state index contributed by atoms with van der Waals surface area (Å²) < 4.78 is 0. The minimum Gasteiger partial charge on any atom is -0.329 e. The van der Waals surface area contributed by atoms with Crippen molar-refractivity contribution in [1.29, 1.82) is 0 Å². The molecule has 24 heavy (non-hydrogen) atoms. The maximum Gasteiger partial charge on any atom is 0.0746 e. The van der Waals surface area contributed by atoms with Crippen LogP contribution < -0.4 is 5.73 Å². The van der Waals surface area contributed by atoms with Crippen molar-refractivity contribution in [1.82, 2.24) is 9.88 Å². The summed E-state index contributed by atoms with van der Waals surface area (Å²) in [6, 6.07) is 21.1. The molecule has 0 aliphatic heterocycles. The molecule has 0 saturated carbocycles. The first-order valence-electron chi connectivity index (χ1n) is 8.16. The quantitative estimate of drug-likeness (QED) is 0.713. The SMILES string of the molecule is Cl.NCCN(CCc1ccccc1)Cc1cccc2cccnc12. The number of fused-ring (bicyclic) bond motifs is 1. The summed E-state index contributed by atoms with van der Waals surface area (Å²) in [6.45, 7) is 3.46. The summed E-state index contributed by atoms with van der Waals surface area (Å²) in [7, 11) is 0. The van der Waals surface area contributed by atoms with E-state index in [0.717, 1.165) is 31.6 Å². The Bertz CT molecular complexity index is 741. The van der Waals surface area contributed by atoms with Crippen LogP contribution in [-0.4, -0.2) is 29.5 Å². The first-order chi connectivity index (χ1) is 11.4. The zero-order chi connectivity index (χ0) is 15.9. The molecule has 3 nitrogen and oxygen atoms in total. The Labute approximate surface area is 149 Å². The fraction of sp³-hybridized carbons (Fsp3) is 0.250. The van der Waals surface area contributed by atoms with Gasteiger partial charge in [-0.1, -0.05) is 54.6 Å². The zero-order valence-corrected chi connectivity index (χ0v) is 14.6. The molecule has 4 heteroatoms. The highest BCUT2D eigenvalue weighted by Gasteiger charge is 2.09. The third-order valence-corrected chi connectivity index (χ3v) is 4.12. The van der Waals surface area contributed by atoms with Gasteiger partial charge in [0, 0.05) is 37.8 Å². The largest absolute Gasteiger partial charge is 0.329 e. The summed E-state index contributed by atoms with van der Waals surface area (Å²) >= 11 is 0. The molecule has 0 unspecified atom stereocenters. The third kappa shape index (κ3) is 4.78. The van der Waals surface area contributed by atoms with Crippen molar-refractivity contribution >= 4 is 23.3 Å². The number of pyridine rings is 1. The van der Waals surface area contributed by atoms with Crippen LogP contribution >= 0.6 is 12.4 Å². The first kappa shape index (κ1) is 18.4. The van der Waals surface area contributed by atoms with E-state index in [4.69, 9.17) is 5.73 Å². The van der Waals surface area contributed by atoms with Gasteiger partial charge in [-0.25, -0.2) is 0 Å². The van der Waals surface area contributed by atoms with Gasteiger partial charge >= 0.3 is 0 Å². The lowest BCUT2D eigenvalue weighted by Gasteiger charge is -2.22. The Morgan fingerprint density at radius 1 is 0.875 bits per heavy atom. The van der Waals surface area contributed by atoms with Crippen molar-refractivity contribution in [3.8, 4) is 0 Å². The van der Waals surface area contributed by atoms with Gasteiger partial charge in [-0.2, -0.15) is 0 Å². The highest BCUT2D eigenvalue weighted by atomic mass is 35.5. The monoisotopic (exact) mass is 341 g/mol. The van der Waals surface area contributed by atoms with E-state index in [0.29, 0.717) is 6.54 Å². The Hall–Kier alpha value is -1.94. The molecule has 0 fully saturated rings. The molecule has 0 aliphatic rings. The predicted octanol–water partition coefficient (Wildman–Crippen LogP) is 3.66. The Balaban J connectivity index is 0.00000208. The van der Waals surface area contributed by atoms with Gasteiger partial charge in [-0.05, 0) is 23.6 Å². The predicted molar refractivity (Wildman–Crippen MR) is 103 cm³/mol. The average Bonchev–Trinajstić information content (AvgIpc) is 2.61. The molecule has 2 N–H and O–H groups in total. The molecule has 126 valence electrons. The number of rotatable bonds is 7. The molecule has 0 spiro atoms. The fourth-order valence-corrected chi connectivity index (χ4v) is 2.92. The standard InChI is InChI=1S/C20H23N3.ClH/c21-12-15-23(14-11-17-6-2-1-3-7-17)16-19-9-4-8-18-10-5-13-22-20(18)19;/h1-10,13H,11-12,14-16,21H2;1H. The van der Waals surface area contributed by atoms with E-state index in [1.165, 1.54) is 16.5 Å². The summed E-state index contributed by atoms with van der Waals surface area (Å²) in [4.78, 5) is 6.97. The number of benzene rings is 2. The van der Waals surface area contributed by atoms with Gasteiger partial charge in [0.2, 0.25) is 0 Å². The number of para-hydroxylation sites is 1. The third-order valence-electron chi connectivity index (χ3n) is 4.12. The van der Waals surface area contributed by atoms with Crippen molar-refractivity contribution in [2.75, 3.05) is 19.6 Å². The van der Waals surface area contributed by atoms with Crippen LogP contribution in [0, 0.1) is 0 Å². The van der Waals surface area contributed by atoms with Crippen molar-refractivity contribution in [2.24, 2.45) is 5.73 Å². The zero-order valence-electron chi connectivity index (χ0n) is 13.8. The molecule has 0 saturated heterocycles. The molecule has 1 aromatic heterocycles. The van der Waals surface area contributed by atoms with Crippen LogP contribution in [-0.2, 0) is 13.0 Å². The molecule has 3 rings (SSSR count). The summed E-state index contributed by atoms with van der Waals surface area (Å²) in [5.74, 6) is 0. The molecule has 0 radical (unpaired) electrons. The van der Waals surface area contributed by atoms with Crippen molar-refractivity contribution in [3.05, 3.63) is 78.0 Å². The molecule has 1 heterocycles. The molecule has 0 aliphatic carbocycles. The van der Waals surface area contributed by atoms with Crippen LogP contribution in [0.2, 0.25) is 0 Å². The van der Waals surface area contributed by atoms with E-state index in [1.807, 2.05) is 12.3 Å². The lowest BCUT2D eigenvalue weighted by atomic mass is 10.1. The second-order valence-electron chi connectivity index (χ2n) is 5.79. The van der Waals surface area contributed by atoms with Crippen LogP contribution in [0.1, 0.15) is 11.1 Å². The van der Waals surface area contributed by atoms with E-state index in [2.05, 4.69) is 64.5 Å². The van der Waals surface area contributed by atoms with Crippen molar-refractivity contribution < 1.29 is 0 Å². The second kappa shape index (κ2) is 9.38. The van der Waals surface area contributed by atoms with Gasteiger partial charge in [-0.15, -0.1) is 12.4 Å². The topological polar surface area (TPSA) is 42.1 Å². The highest BCUT2D eigenvalue weighted by molar-refractivity contribution is 5.85. The van der Waals surface area contributed by atoms with Gasteiger partial charge < -0.3 is 5.73 Å². The van der Waals surface area contributed by atoms with Crippen LogP contribution in [0.15, 0.2) is 66.9 Å². The number of hydrogen-bond donors (Lipinski definition) is 1. The summed E-state index contributed by atoms with van der Waals surface area (Å²) in [6.07, 6.45) is 2.90. The van der Waals surface area contributed by atoms with Gasteiger partial charge in [0.25, 0.3) is 0 Å². The van der Waals surface area contributed by atoms with E-state index >= 15 is 0 Å². The number of nitrogens with zero attached hydrogens (tertiary/aromatic N) is 2. The van der Waals surface area contributed by atoms with E-state index in [-0.39, 0.29) is 12.4 Å². The fourth-order valence-electron chi connectivity index (χ4n) is 2.92. The Kier molecular flexibility index (Phi) is 7.19. The number of aromatic nitrogens is 1. The Morgan fingerprint density at radius 3 is 2.46 bits per heavy atom. The molecule has 0 amide bonds. The smallest absolute Gasteiger partial charge is 0.0746 e. The number of nitrogens with two attached hydrogens (primary N) is 1. The molecule has 3 aromatic rings. The van der Waals surface area contributed by atoms with E-state index in [9.17, 15) is 0 Å². The van der Waals surface area contributed by atoms with Crippen LogP contribution in [0.5, 0.6) is 0 Å². The molecule has 0 atom stereocenters. The van der Waals surface area contributed by atoms with E-state index in [1.54, 1.807) is 0 Å². The van der Waals surface area contributed by atoms with Gasteiger partial charge in [0.15, 0.2) is 0 Å². The van der Waals surface area contributed by atoms with Crippen LogP contribution in [0.3, 0.4) is 0 Å². The first-order valence-corrected chi connectivity index (χ1v) is 8.16. The second-order valence-corrected chi connectivity index (χ2v) is 5.79.